The summed E-state index contributed by atoms with van der Waals surface area (Å²) in [5.41, 5.74) is 0.813. The first-order chi connectivity index (χ1) is 11.5. The van der Waals surface area contributed by atoms with Crippen molar-refractivity contribution in [3.05, 3.63) is 65.2 Å². The van der Waals surface area contributed by atoms with E-state index < -0.39 is 29.3 Å². The first-order valence-corrected chi connectivity index (χ1v) is 7.14. The van der Waals surface area contributed by atoms with Gasteiger partial charge in [0, 0.05) is 12.2 Å². The Morgan fingerprint density at radius 3 is 2.38 bits per heavy atom. The van der Waals surface area contributed by atoms with Gasteiger partial charge in [0.15, 0.2) is 0 Å². The number of hydrogen-bond acceptors (Lipinski definition) is 3. The Kier molecular flexibility index (Phi) is 5.82. The topological polar surface area (TPSA) is 85.2 Å². The zero-order chi connectivity index (χ0) is 17.5. The average molecular weight is 331 g/mol. The van der Waals surface area contributed by atoms with Crippen molar-refractivity contribution in [2.45, 2.75) is 12.5 Å². The Labute approximate surface area is 137 Å². The second-order valence-electron chi connectivity index (χ2n) is 5.02. The fourth-order valence-corrected chi connectivity index (χ4v) is 2.09. The van der Waals surface area contributed by atoms with E-state index in [4.69, 9.17) is 5.26 Å². The van der Waals surface area contributed by atoms with Crippen molar-refractivity contribution in [3.8, 4) is 6.07 Å². The predicted octanol–water partition coefficient (Wildman–Crippen LogP) is 2.89. The summed E-state index contributed by atoms with van der Waals surface area (Å²) < 4.78 is 27.0. The number of anilines is 1. The molecule has 0 bridgehead atoms. The quantitative estimate of drug-likeness (QED) is 0.787. The van der Waals surface area contributed by atoms with E-state index in [2.05, 4.69) is 10.6 Å². The van der Waals surface area contributed by atoms with Crippen LogP contribution in [0, 0.1) is 23.0 Å². The van der Waals surface area contributed by atoms with Gasteiger partial charge in [0.2, 0.25) is 0 Å². The molecule has 2 rings (SSSR count). The van der Waals surface area contributed by atoms with Crippen LogP contribution in [-0.2, 0) is 6.42 Å². The molecule has 1 atom stereocenters. The van der Waals surface area contributed by atoms with Crippen LogP contribution >= 0.6 is 0 Å². The van der Waals surface area contributed by atoms with Crippen LogP contribution in [0.25, 0.3) is 0 Å². The van der Waals surface area contributed by atoms with E-state index in [1.807, 2.05) is 6.07 Å². The van der Waals surface area contributed by atoms with E-state index >= 15 is 0 Å². The van der Waals surface area contributed by atoms with Crippen LogP contribution in [0.3, 0.4) is 0 Å². The van der Waals surface area contributed by atoms with Crippen molar-refractivity contribution in [3.63, 3.8) is 0 Å². The molecule has 2 amide bonds. The number of hydrogen-bond donors (Lipinski definition) is 3. The molecule has 5 nitrogen and oxygen atoms in total. The van der Waals surface area contributed by atoms with Gasteiger partial charge in [-0.05, 0) is 29.8 Å². The highest BCUT2D eigenvalue weighted by molar-refractivity contribution is 5.89. The number of benzene rings is 2. The lowest BCUT2D eigenvalue weighted by atomic mass is 10.1. The molecule has 0 fully saturated rings. The van der Waals surface area contributed by atoms with Gasteiger partial charge in [-0.25, -0.2) is 13.6 Å². The summed E-state index contributed by atoms with van der Waals surface area (Å²) in [6, 6.07) is 11.3. The molecule has 0 radical (unpaired) electrons. The van der Waals surface area contributed by atoms with Crippen molar-refractivity contribution < 1.29 is 18.7 Å². The highest BCUT2D eigenvalue weighted by Gasteiger charge is 2.18. The number of aliphatic hydroxyl groups is 1. The van der Waals surface area contributed by atoms with Crippen LogP contribution in [0.5, 0.6) is 0 Å². The first kappa shape index (κ1) is 17.4. The Morgan fingerprint density at radius 1 is 1.17 bits per heavy atom. The molecule has 7 heteroatoms. The van der Waals surface area contributed by atoms with E-state index in [1.54, 1.807) is 24.3 Å². The summed E-state index contributed by atoms with van der Waals surface area (Å²) in [5.74, 6) is -1.75. The van der Waals surface area contributed by atoms with Crippen molar-refractivity contribution in [2.24, 2.45) is 0 Å². The molecule has 2 aromatic carbocycles. The van der Waals surface area contributed by atoms with Crippen LogP contribution in [0.1, 0.15) is 17.2 Å². The molecule has 0 aromatic heterocycles. The van der Waals surface area contributed by atoms with Gasteiger partial charge in [-0.3, -0.25) is 0 Å². The SMILES string of the molecule is N#CCc1ccc(NC(=O)NCC(O)c2c(F)cccc2F)cc1. The first-order valence-electron chi connectivity index (χ1n) is 7.14. The molecule has 0 saturated heterocycles. The second-order valence-corrected chi connectivity index (χ2v) is 5.02. The van der Waals surface area contributed by atoms with Gasteiger partial charge < -0.3 is 15.7 Å². The third kappa shape index (κ3) is 4.51. The molecule has 0 aliphatic heterocycles. The van der Waals surface area contributed by atoms with E-state index in [-0.39, 0.29) is 13.0 Å². The number of nitriles is 1. The number of rotatable bonds is 5. The van der Waals surface area contributed by atoms with Crippen LogP contribution in [0.2, 0.25) is 0 Å². The number of nitrogens with one attached hydrogen (secondary N) is 2. The lowest BCUT2D eigenvalue weighted by Gasteiger charge is -2.14. The van der Waals surface area contributed by atoms with Crippen molar-refractivity contribution in [1.29, 1.82) is 5.26 Å². The number of halogens is 2. The van der Waals surface area contributed by atoms with Crippen molar-refractivity contribution in [2.75, 3.05) is 11.9 Å². The Morgan fingerprint density at radius 2 is 1.79 bits per heavy atom. The maximum atomic E-state index is 13.5. The minimum Gasteiger partial charge on any atom is -0.386 e. The average Bonchev–Trinajstić information content (AvgIpc) is 2.55. The molecule has 3 N–H and O–H groups in total. The summed E-state index contributed by atoms with van der Waals surface area (Å²) in [5, 5.41) is 23.3. The molecule has 0 aliphatic carbocycles. The molecular formula is C17H15F2N3O2. The number of amides is 2. The molecule has 24 heavy (non-hydrogen) atoms. The Bertz CT molecular complexity index is 737. The number of carbonyl (C=O) groups excluding carboxylic acids is 1. The second kappa shape index (κ2) is 8.04. The fourth-order valence-electron chi connectivity index (χ4n) is 2.09. The fraction of sp³-hybridized carbons (Fsp3) is 0.176. The maximum Gasteiger partial charge on any atom is 0.319 e. The summed E-state index contributed by atoms with van der Waals surface area (Å²) in [4.78, 5) is 11.8. The van der Waals surface area contributed by atoms with Gasteiger partial charge in [0.1, 0.15) is 17.7 Å². The molecule has 0 saturated carbocycles. The van der Waals surface area contributed by atoms with Gasteiger partial charge in [-0.1, -0.05) is 18.2 Å². The standard InChI is InChI=1S/C17H15F2N3O2/c18-13-2-1-3-14(19)16(13)15(23)10-21-17(24)22-12-6-4-11(5-7-12)8-9-20/h1-7,15,23H,8,10H2,(H2,21,22,24). The van der Waals surface area contributed by atoms with Gasteiger partial charge in [0.25, 0.3) is 0 Å². The van der Waals surface area contributed by atoms with E-state index in [0.717, 1.165) is 17.7 Å². The summed E-state index contributed by atoms with van der Waals surface area (Å²) in [6.45, 7) is -0.351. The molecular weight excluding hydrogens is 316 g/mol. The Hall–Kier alpha value is -2.98. The third-order valence-electron chi connectivity index (χ3n) is 3.28. The highest BCUT2D eigenvalue weighted by atomic mass is 19.1. The number of urea groups is 1. The Balaban J connectivity index is 1.90. The summed E-state index contributed by atoms with van der Waals surface area (Å²) >= 11 is 0. The van der Waals surface area contributed by atoms with E-state index in [1.165, 1.54) is 6.07 Å². The van der Waals surface area contributed by atoms with Gasteiger partial charge in [-0.15, -0.1) is 0 Å². The molecule has 0 heterocycles. The zero-order valence-corrected chi connectivity index (χ0v) is 12.6. The van der Waals surface area contributed by atoms with Crippen LogP contribution in [0.15, 0.2) is 42.5 Å². The van der Waals surface area contributed by atoms with Crippen LogP contribution < -0.4 is 10.6 Å². The molecule has 0 aliphatic rings. The maximum absolute atomic E-state index is 13.5. The lowest BCUT2D eigenvalue weighted by molar-refractivity contribution is 0.166. The van der Waals surface area contributed by atoms with E-state index in [9.17, 15) is 18.7 Å². The third-order valence-corrected chi connectivity index (χ3v) is 3.28. The van der Waals surface area contributed by atoms with Crippen molar-refractivity contribution in [1.82, 2.24) is 5.32 Å². The number of aliphatic hydroxyl groups excluding tert-OH is 1. The highest BCUT2D eigenvalue weighted by Crippen LogP contribution is 2.20. The summed E-state index contributed by atoms with van der Waals surface area (Å²) in [7, 11) is 0. The van der Waals surface area contributed by atoms with Gasteiger partial charge in [0.05, 0.1) is 18.1 Å². The largest absolute Gasteiger partial charge is 0.386 e. The predicted molar refractivity (Wildman–Crippen MR) is 84.1 cm³/mol. The minimum atomic E-state index is -1.50. The molecule has 1 unspecified atom stereocenters. The number of nitrogens with zero attached hydrogens (tertiary/aromatic N) is 1. The van der Waals surface area contributed by atoms with Gasteiger partial charge >= 0.3 is 6.03 Å². The molecule has 2 aromatic rings. The zero-order valence-electron chi connectivity index (χ0n) is 12.6. The minimum absolute atomic E-state index is 0.271. The monoisotopic (exact) mass is 331 g/mol. The smallest absolute Gasteiger partial charge is 0.319 e. The molecule has 0 spiro atoms. The molecule has 124 valence electrons. The lowest BCUT2D eigenvalue weighted by Crippen LogP contribution is -2.32. The van der Waals surface area contributed by atoms with Crippen LogP contribution in [-0.4, -0.2) is 17.7 Å². The van der Waals surface area contributed by atoms with Gasteiger partial charge in [-0.2, -0.15) is 5.26 Å². The van der Waals surface area contributed by atoms with Crippen LogP contribution in [0.4, 0.5) is 19.3 Å². The number of carbonyl (C=O) groups is 1. The van der Waals surface area contributed by atoms with Crippen molar-refractivity contribution >= 4 is 11.7 Å². The normalized spacial score (nSPS) is 11.4. The summed E-state index contributed by atoms with van der Waals surface area (Å²) in [6.07, 6.45) is -1.23. The van der Waals surface area contributed by atoms with E-state index in [0.29, 0.717) is 5.69 Å².